The van der Waals surface area contributed by atoms with Gasteiger partial charge in [0.2, 0.25) is 0 Å². The maximum absolute atomic E-state index is 13.0. The van der Waals surface area contributed by atoms with Crippen molar-refractivity contribution >= 4 is 40.8 Å². The molecule has 2 saturated heterocycles. The molecule has 3 aliphatic rings. The van der Waals surface area contributed by atoms with E-state index in [1.807, 2.05) is 11.8 Å². The van der Waals surface area contributed by atoms with Crippen LogP contribution in [0.25, 0.3) is 6.08 Å². The van der Waals surface area contributed by atoms with Crippen molar-refractivity contribution in [1.82, 2.24) is 10.2 Å². The number of hydrogen-bond donors (Lipinski definition) is 1. The van der Waals surface area contributed by atoms with Gasteiger partial charge in [0.25, 0.3) is 0 Å². The Hall–Kier alpha value is -1.17. The number of nitrogens with one attached hydrogen (secondary N) is 1. The number of hydrogen-bond acceptors (Lipinski definition) is 4. The fourth-order valence-electron chi connectivity index (χ4n) is 3.96. The average molecular weight is 359 g/mol. The van der Waals surface area contributed by atoms with Gasteiger partial charge in [-0.3, -0.25) is 4.79 Å². The Morgan fingerprint density at radius 1 is 1.38 bits per heavy atom. The number of carbonyl (C=O) groups is 1. The first-order valence-electron chi connectivity index (χ1n) is 8.64. The van der Waals surface area contributed by atoms with E-state index in [-0.39, 0.29) is 17.9 Å². The molecule has 3 atom stereocenters. The molecule has 1 aliphatic carbocycles. The summed E-state index contributed by atoms with van der Waals surface area (Å²) in [5.74, 6) is 2.71. The largest absolute Gasteiger partial charge is 0.355 e. The van der Waals surface area contributed by atoms with Crippen molar-refractivity contribution in [3.05, 3.63) is 41.5 Å². The zero-order valence-corrected chi connectivity index (χ0v) is 15.2. The molecule has 0 spiro atoms. The summed E-state index contributed by atoms with van der Waals surface area (Å²) in [7, 11) is 0. The second-order valence-corrected chi connectivity index (χ2v) is 8.22. The van der Waals surface area contributed by atoms with Gasteiger partial charge in [0.15, 0.2) is 0 Å². The van der Waals surface area contributed by atoms with Crippen LogP contribution in [-0.2, 0) is 4.79 Å². The third-order valence-electron chi connectivity index (χ3n) is 5.29. The van der Waals surface area contributed by atoms with Crippen molar-refractivity contribution < 1.29 is 4.79 Å². The molecule has 0 radical (unpaired) electrons. The van der Waals surface area contributed by atoms with Crippen LogP contribution in [0.1, 0.15) is 29.9 Å². The lowest BCUT2D eigenvalue weighted by atomic mass is 9.87. The van der Waals surface area contributed by atoms with Crippen LogP contribution in [0.15, 0.2) is 30.3 Å². The van der Waals surface area contributed by atoms with Gasteiger partial charge < -0.3 is 10.2 Å². The summed E-state index contributed by atoms with van der Waals surface area (Å²) < 4.78 is 0. The molecule has 2 heterocycles. The maximum atomic E-state index is 13.0. The topological polar surface area (TPSA) is 32.3 Å². The van der Waals surface area contributed by atoms with Crippen LogP contribution in [-0.4, -0.2) is 46.4 Å². The number of thiocarbonyl (C=S) groups is 1. The predicted octanol–water partition coefficient (Wildman–Crippen LogP) is 3.07. The zero-order chi connectivity index (χ0) is 16.5. The number of ketones is 1. The normalized spacial score (nSPS) is 28.3. The summed E-state index contributed by atoms with van der Waals surface area (Å²) in [5, 5.41) is 3.48. The van der Waals surface area contributed by atoms with E-state index in [1.54, 1.807) is 0 Å². The molecule has 0 aromatic heterocycles. The van der Waals surface area contributed by atoms with Gasteiger partial charge in [0, 0.05) is 30.6 Å². The summed E-state index contributed by atoms with van der Waals surface area (Å²) in [6.07, 6.45) is 5.82. The van der Waals surface area contributed by atoms with Crippen LogP contribution >= 0.6 is 24.0 Å². The molecule has 0 bridgehead atoms. The molecule has 2 fully saturated rings. The molecule has 5 heteroatoms. The molecule has 0 saturated carbocycles. The van der Waals surface area contributed by atoms with Crippen molar-refractivity contribution in [3.63, 3.8) is 0 Å². The highest BCUT2D eigenvalue weighted by molar-refractivity contribution is 7.99. The van der Waals surface area contributed by atoms with E-state index in [9.17, 15) is 4.79 Å². The highest BCUT2D eigenvalue weighted by atomic mass is 32.2. The Balaban J connectivity index is 1.44. The molecule has 0 amide bonds. The molecule has 2 aliphatic heterocycles. The van der Waals surface area contributed by atoms with Gasteiger partial charge in [-0.1, -0.05) is 48.6 Å². The third-order valence-corrected chi connectivity index (χ3v) is 6.77. The van der Waals surface area contributed by atoms with E-state index in [0.29, 0.717) is 12.2 Å². The molecule has 4 rings (SSSR count). The predicted molar refractivity (Wildman–Crippen MR) is 104 cm³/mol. The Bertz CT molecular complexity index is 682. The van der Waals surface area contributed by atoms with Gasteiger partial charge >= 0.3 is 0 Å². The summed E-state index contributed by atoms with van der Waals surface area (Å²) in [6.45, 7) is 1.90. The smallest absolute Gasteiger partial charge is 0.138 e. The summed E-state index contributed by atoms with van der Waals surface area (Å²) in [6, 6.07) is 8.42. The highest BCUT2D eigenvalue weighted by Crippen LogP contribution is 2.34. The molecule has 2 unspecified atom stereocenters. The first-order chi connectivity index (χ1) is 11.7. The Labute approximate surface area is 152 Å². The minimum Gasteiger partial charge on any atom is -0.355 e. The van der Waals surface area contributed by atoms with Gasteiger partial charge in [0.05, 0.1) is 16.9 Å². The molecule has 3 nitrogen and oxygen atoms in total. The first kappa shape index (κ1) is 16.3. The number of nitrogens with zero attached hydrogens (tertiary/aromatic N) is 1. The third kappa shape index (κ3) is 3.05. The van der Waals surface area contributed by atoms with E-state index >= 15 is 0 Å². The van der Waals surface area contributed by atoms with E-state index in [0.717, 1.165) is 36.1 Å². The fourth-order valence-corrected chi connectivity index (χ4v) is 5.42. The van der Waals surface area contributed by atoms with Crippen molar-refractivity contribution in [1.29, 1.82) is 0 Å². The molecule has 1 aromatic rings. The summed E-state index contributed by atoms with van der Waals surface area (Å²) in [5.41, 5.74) is 2.54. The SMILES string of the molecule is O=C(CC1C=Cc2ccccc21)C1CCN[C@H]1C(=S)N1CCSC1. The number of thioether (sulfide) groups is 1. The lowest BCUT2D eigenvalue weighted by Crippen LogP contribution is -2.46. The minimum atomic E-state index is 0.0317. The quantitative estimate of drug-likeness (QED) is 0.837. The maximum Gasteiger partial charge on any atom is 0.138 e. The average Bonchev–Trinajstić information content (AvgIpc) is 3.35. The molecule has 1 aromatic carbocycles. The van der Waals surface area contributed by atoms with Gasteiger partial charge in [-0.25, -0.2) is 0 Å². The standard InChI is InChI=1S/C19H22N2OS2/c22-17(11-14-6-5-13-3-1-2-4-15(13)14)16-7-8-20-18(16)19(23)21-9-10-24-12-21/h1-6,14,16,18,20H,7-12H2/t14?,16?,18-/m1/s1. The van der Waals surface area contributed by atoms with Crippen LogP contribution in [0.4, 0.5) is 0 Å². The van der Waals surface area contributed by atoms with Crippen molar-refractivity contribution in [2.75, 3.05) is 24.7 Å². The van der Waals surface area contributed by atoms with Gasteiger partial charge in [-0.2, -0.15) is 0 Å². The molecular weight excluding hydrogens is 336 g/mol. The molecule has 1 N–H and O–H groups in total. The monoisotopic (exact) mass is 358 g/mol. The van der Waals surface area contributed by atoms with E-state index in [4.69, 9.17) is 12.2 Å². The highest BCUT2D eigenvalue weighted by Gasteiger charge is 2.38. The van der Waals surface area contributed by atoms with Crippen LogP contribution in [0.5, 0.6) is 0 Å². The number of carbonyl (C=O) groups excluding carboxylic acids is 1. The molecular formula is C19H22N2OS2. The Morgan fingerprint density at radius 2 is 2.25 bits per heavy atom. The number of fused-ring (bicyclic) bond motifs is 1. The van der Waals surface area contributed by atoms with Crippen molar-refractivity contribution in [2.24, 2.45) is 5.92 Å². The van der Waals surface area contributed by atoms with Gasteiger partial charge in [-0.15, -0.1) is 11.8 Å². The number of rotatable bonds is 4. The van der Waals surface area contributed by atoms with E-state index < -0.39 is 0 Å². The van der Waals surface area contributed by atoms with Crippen LogP contribution < -0.4 is 5.32 Å². The number of Topliss-reactive ketones (excluding diaryl/α,β-unsaturated/α-hetero) is 1. The summed E-state index contributed by atoms with van der Waals surface area (Å²) in [4.78, 5) is 16.2. The zero-order valence-electron chi connectivity index (χ0n) is 13.6. The molecule has 126 valence electrons. The minimum absolute atomic E-state index is 0.0317. The van der Waals surface area contributed by atoms with Gasteiger partial charge in [-0.05, 0) is 24.1 Å². The molecule has 24 heavy (non-hydrogen) atoms. The number of allylic oxidation sites excluding steroid dienone is 1. The van der Waals surface area contributed by atoms with Crippen LogP contribution in [0, 0.1) is 5.92 Å². The Morgan fingerprint density at radius 3 is 3.08 bits per heavy atom. The Kier molecular flexibility index (Phi) is 4.74. The second kappa shape index (κ2) is 6.98. The lowest BCUT2D eigenvalue weighted by molar-refractivity contribution is -0.122. The van der Waals surface area contributed by atoms with Crippen LogP contribution in [0.2, 0.25) is 0 Å². The van der Waals surface area contributed by atoms with Crippen molar-refractivity contribution in [3.8, 4) is 0 Å². The lowest BCUT2D eigenvalue weighted by Gasteiger charge is -2.27. The van der Waals surface area contributed by atoms with Crippen LogP contribution in [0.3, 0.4) is 0 Å². The summed E-state index contributed by atoms with van der Waals surface area (Å²) >= 11 is 7.61. The van der Waals surface area contributed by atoms with E-state index in [2.05, 4.69) is 46.6 Å². The second-order valence-electron chi connectivity index (χ2n) is 6.73. The first-order valence-corrected chi connectivity index (χ1v) is 10.2. The van der Waals surface area contributed by atoms with Crippen molar-refractivity contribution in [2.45, 2.75) is 24.8 Å². The fraction of sp³-hybridized carbons (Fsp3) is 0.474. The van der Waals surface area contributed by atoms with E-state index in [1.165, 1.54) is 11.1 Å². The number of benzene rings is 1. The van der Waals surface area contributed by atoms with Gasteiger partial charge in [0.1, 0.15) is 5.78 Å².